The first-order chi connectivity index (χ1) is 4.27. The fourth-order valence-corrected chi connectivity index (χ4v) is 0.984. The highest BCUT2D eigenvalue weighted by Gasteiger charge is 1.93. The summed E-state index contributed by atoms with van der Waals surface area (Å²) in [5, 5.41) is 0. The predicted octanol–water partition coefficient (Wildman–Crippen LogP) is 1.19. The van der Waals surface area contributed by atoms with Gasteiger partial charge in [-0.05, 0) is 19.4 Å². The van der Waals surface area contributed by atoms with Gasteiger partial charge in [0.15, 0.2) is 0 Å². The maximum Gasteiger partial charge on any atom is 0.0605 e. The SMILES string of the molecule is NCCCCCC(N)Br. The van der Waals surface area contributed by atoms with Gasteiger partial charge in [-0.25, -0.2) is 0 Å². The van der Waals surface area contributed by atoms with E-state index in [0.29, 0.717) is 0 Å². The van der Waals surface area contributed by atoms with E-state index in [1.54, 1.807) is 0 Å². The van der Waals surface area contributed by atoms with Crippen molar-refractivity contribution < 1.29 is 0 Å². The van der Waals surface area contributed by atoms with Crippen LogP contribution in [0.25, 0.3) is 0 Å². The number of rotatable bonds is 5. The topological polar surface area (TPSA) is 52.0 Å². The Balaban J connectivity index is 2.75. The highest BCUT2D eigenvalue weighted by Crippen LogP contribution is 2.04. The summed E-state index contributed by atoms with van der Waals surface area (Å²) >= 11 is 3.27. The fourth-order valence-electron chi connectivity index (χ4n) is 0.660. The second-order valence-corrected chi connectivity index (χ2v) is 3.33. The van der Waals surface area contributed by atoms with Gasteiger partial charge in [-0.15, -0.1) is 0 Å². The molecule has 0 aromatic rings. The Morgan fingerprint density at radius 1 is 1.22 bits per heavy atom. The Hall–Kier alpha value is 0.400. The van der Waals surface area contributed by atoms with Gasteiger partial charge in [0.05, 0.1) is 4.95 Å². The minimum atomic E-state index is 0.176. The third-order valence-electron chi connectivity index (χ3n) is 1.18. The summed E-state index contributed by atoms with van der Waals surface area (Å²) in [5.41, 5.74) is 10.8. The normalized spacial score (nSPS) is 13.7. The van der Waals surface area contributed by atoms with Gasteiger partial charge in [-0.2, -0.15) is 0 Å². The lowest BCUT2D eigenvalue weighted by molar-refractivity contribution is 0.641. The summed E-state index contributed by atoms with van der Waals surface area (Å²) < 4.78 is 0. The Labute approximate surface area is 65.1 Å². The van der Waals surface area contributed by atoms with E-state index in [-0.39, 0.29) is 4.95 Å². The van der Waals surface area contributed by atoms with Gasteiger partial charge in [0.1, 0.15) is 0 Å². The van der Waals surface area contributed by atoms with Crippen molar-refractivity contribution in [1.29, 1.82) is 0 Å². The zero-order valence-electron chi connectivity index (χ0n) is 5.65. The van der Waals surface area contributed by atoms with Crippen molar-refractivity contribution in [3.63, 3.8) is 0 Å². The van der Waals surface area contributed by atoms with E-state index in [4.69, 9.17) is 11.5 Å². The molecule has 0 radical (unpaired) electrons. The van der Waals surface area contributed by atoms with Crippen LogP contribution in [-0.2, 0) is 0 Å². The van der Waals surface area contributed by atoms with Crippen LogP contribution in [0.15, 0.2) is 0 Å². The molecule has 0 heterocycles. The lowest BCUT2D eigenvalue weighted by Gasteiger charge is -2.00. The molecule has 1 atom stereocenters. The summed E-state index contributed by atoms with van der Waals surface area (Å²) in [5.74, 6) is 0. The molecule has 2 nitrogen and oxygen atoms in total. The van der Waals surface area contributed by atoms with Crippen LogP contribution in [0, 0.1) is 0 Å². The number of alkyl halides is 1. The lowest BCUT2D eigenvalue weighted by Crippen LogP contribution is -2.10. The van der Waals surface area contributed by atoms with Crippen LogP contribution in [0.5, 0.6) is 0 Å². The average molecular weight is 195 g/mol. The number of hydrogen-bond donors (Lipinski definition) is 2. The third-order valence-corrected chi connectivity index (χ3v) is 1.64. The quantitative estimate of drug-likeness (QED) is 0.393. The molecule has 0 bridgehead atoms. The van der Waals surface area contributed by atoms with E-state index >= 15 is 0 Å². The van der Waals surface area contributed by atoms with Gasteiger partial charge in [0.25, 0.3) is 0 Å². The van der Waals surface area contributed by atoms with E-state index in [2.05, 4.69) is 15.9 Å². The average Bonchev–Trinajstić information content (AvgIpc) is 1.80. The molecule has 0 spiro atoms. The Morgan fingerprint density at radius 3 is 2.33 bits per heavy atom. The van der Waals surface area contributed by atoms with Crippen molar-refractivity contribution in [2.75, 3.05) is 6.54 Å². The Kier molecular flexibility index (Phi) is 6.81. The second-order valence-electron chi connectivity index (χ2n) is 2.15. The summed E-state index contributed by atoms with van der Waals surface area (Å²) in [6.45, 7) is 0.803. The monoisotopic (exact) mass is 194 g/mol. The van der Waals surface area contributed by atoms with E-state index in [0.717, 1.165) is 19.4 Å². The predicted molar refractivity (Wildman–Crippen MR) is 44.4 cm³/mol. The number of hydrogen-bond acceptors (Lipinski definition) is 2. The van der Waals surface area contributed by atoms with Gasteiger partial charge >= 0.3 is 0 Å². The van der Waals surface area contributed by atoms with Crippen molar-refractivity contribution >= 4 is 15.9 Å². The minimum Gasteiger partial charge on any atom is -0.330 e. The molecule has 56 valence electrons. The molecule has 0 rings (SSSR count). The molecule has 1 unspecified atom stereocenters. The standard InChI is InChI=1S/C6H15BrN2/c7-6(9)4-2-1-3-5-8/h6H,1-5,8-9H2. The molecule has 0 amide bonds. The lowest BCUT2D eigenvalue weighted by atomic mass is 10.2. The molecule has 0 aromatic carbocycles. The first-order valence-electron chi connectivity index (χ1n) is 3.37. The fraction of sp³-hybridized carbons (Fsp3) is 1.00. The summed E-state index contributed by atoms with van der Waals surface area (Å²) in [7, 11) is 0. The molecule has 0 aliphatic carbocycles. The Bertz CT molecular complexity index is 57.0. The van der Waals surface area contributed by atoms with Gasteiger partial charge < -0.3 is 11.5 Å². The highest BCUT2D eigenvalue weighted by atomic mass is 79.9. The molecule has 0 aliphatic heterocycles. The van der Waals surface area contributed by atoms with Gasteiger partial charge in [0, 0.05) is 0 Å². The van der Waals surface area contributed by atoms with Crippen molar-refractivity contribution in [2.24, 2.45) is 11.5 Å². The van der Waals surface area contributed by atoms with E-state index in [1.165, 1.54) is 12.8 Å². The summed E-state index contributed by atoms with van der Waals surface area (Å²) in [6, 6.07) is 0. The van der Waals surface area contributed by atoms with Gasteiger partial charge in [0.2, 0.25) is 0 Å². The van der Waals surface area contributed by atoms with Crippen LogP contribution in [-0.4, -0.2) is 11.5 Å². The maximum absolute atomic E-state index is 5.46. The first kappa shape index (κ1) is 9.40. The molecule has 4 N–H and O–H groups in total. The number of unbranched alkanes of at least 4 members (excludes halogenated alkanes) is 2. The summed E-state index contributed by atoms with van der Waals surface area (Å²) in [4.78, 5) is 0.176. The zero-order valence-corrected chi connectivity index (χ0v) is 7.23. The van der Waals surface area contributed by atoms with Crippen LogP contribution in [0.2, 0.25) is 0 Å². The molecule has 0 saturated carbocycles. The zero-order chi connectivity index (χ0) is 7.11. The minimum absolute atomic E-state index is 0.176. The van der Waals surface area contributed by atoms with Crippen LogP contribution in [0.3, 0.4) is 0 Å². The van der Waals surface area contributed by atoms with Gasteiger partial charge in [-0.1, -0.05) is 28.8 Å². The van der Waals surface area contributed by atoms with Crippen LogP contribution < -0.4 is 11.5 Å². The highest BCUT2D eigenvalue weighted by molar-refractivity contribution is 9.09. The van der Waals surface area contributed by atoms with Crippen molar-refractivity contribution in [3.05, 3.63) is 0 Å². The molecular formula is C6H15BrN2. The molecule has 0 aromatic heterocycles. The molecule has 0 saturated heterocycles. The number of nitrogens with two attached hydrogens (primary N) is 2. The van der Waals surface area contributed by atoms with Crippen LogP contribution in [0.4, 0.5) is 0 Å². The number of halogens is 1. The molecule has 3 heteroatoms. The molecule has 0 fully saturated rings. The van der Waals surface area contributed by atoms with Gasteiger partial charge in [-0.3, -0.25) is 0 Å². The Morgan fingerprint density at radius 2 is 1.89 bits per heavy atom. The largest absolute Gasteiger partial charge is 0.330 e. The van der Waals surface area contributed by atoms with E-state index in [9.17, 15) is 0 Å². The smallest absolute Gasteiger partial charge is 0.0605 e. The van der Waals surface area contributed by atoms with Crippen LogP contribution >= 0.6 is 15.9 Å². The van der Waals surface area contributed by atoms with E-state index in [1.807, 2.05) is 0 Å². The second kappa shape index (κ2) is 6.52. The molecule has 9 heavy (non-hydrogen) atoms. The summed E-state index contributed by atoms with van der Waals surface area (Å²) in [6.07, 6.45) is 4.57. The van der Waals surface area contributed by atoms with Crippen molar-refractivity contribution in [3.8, 4) is 0 Å². The van der Waals surface area contributed by atoms with Crippen molar-refractivity contribution in [2.45, 2.75) is 30.6 Å². The van der Waals surface area contributed by atoms with Crippen molar-refractivity contribution in [1.82, 2.24) is 0 Å². The maximum atomic E-state index is 5.46. The molecular weight excluding hydrogens is 180 g/mol. The first-order valence-corrected chi connectivity index (χ1v) is 4.28. The van der Waals surface area contributed by atoms with Crippen LogP contribution in [0.1, 0.15) is 25.7 Å². The van der Waals surface area contributed by atoms with E-state index < -0.39 is 0 Å². The molecule has 0 aliphatic rings. The third kappa shape index (κ3) is 8.40.